The molecule has 0 saturated carbocycles. The zero-order valence-electron chi connectivity index (χ0n) is 14.9. The van der Waals surface area contributed by atoms with Crippen LogP contribution in [0.15, 0.2) is 59.4 Å². The van der Waals surface area contributed by atoms with Crippen LogP contribution >= 0.6 is 0 Å². The molecule has 0 fully saturated rings. The summed E-state index contributed by atoms with van der Waals surface area (Å²) in [6.45, 7) is 1.42. The van der Waals surface area contributed by atoms with Crippen LogP contribution in [0.25, 0.3) is 33.1 Å². The summed E-state index contributed by atoms with van der Waals surface area (Å²) in [5.41, 5.74) is 5.36. The number of hydrogen-bond donors (Lipinski definition) is 0. The predicted molar refractivity (Wildman–Crippen MR) is 105 cm³/mol. The third-order valence-electron chi connectivity index (χ3n) is 5.16. The number of para-hydroxylation sites is 1. The van der Waals surface area contributed by atoms with Crippen LogP contribution in [0.4, 0.5) is 0 Å². The fourth-order valence-electron chi connectivity index (χ4n) is 4.01. The zero-order chi connectivity index (χ0) is 17.8. The van der Waals surface area contributed by atoms with Gasteiger partial charge in [0.1, 0.15) is 0 Å². The van der Waals surface area contributed by atoms with Gasteiger partial charge in [0.2, 0.25) is 0 Å². The van der Waals surface area contributed by atoms with E-state index in [0.717, 1.165) is 34.2 Å². The van der Waals surface area contributed by atoms with Gasteiger partial charge in [-0.15, -0.1) is 0 Å². The van der Waals surface area contributed by atoms with E-state index in [-0.39, 0.29) is 5.56 Å². The van der Waals surface area contributed by atoms with Gasteiger partial charge in [0.15, 0.2) is 0 Å². The minimum atomic E-state index is 0.0657. The van der Waals surface area contributed by atoms with Crippen molar-refractivity contribution < 1.29 is 0 Å². The zero-order valence-corrected chi connectivity index (χ0v) is 14.9. The van der Waals surface area contributed by atoms with Crippen molar-refractivity contribution in [1.29, 1.82) is 0 Å². The summed E-state index contributed by atoms with van der Waals surface area (Å²) in [6.07, 6.45) is 0. The smallest absolute Gasteiger partial charge is 0.259 e. The SMILES string of the molecule is CN(C)Cc1c2c(nc3ccccc13)-c1cc3ccccc3c(=O)n1C2. The van der Waals surface area contributed by atoms with Crippen molar-refractivity contribution in [2.24, 2.45) is 0 Å². The van der Waals surface area contributed by atoms with Crippen molar-refractivity contribution in [2.75, 3.05) is 14.1 Å². The lowest BCUT2D eigenvalue weighted by Gasteiger charge is -2.16. The van der Waals surface area contributed by atoms with Crippen molar-refractivity contribution in [3.8, 4) is 11.4 Å². The third kappa shape index (κ3) is 2.12. The minimum Gasteiger partial charge on any atom is -0.305 e. The fraction of sp³-hybridized carbons (Fsp3) is 0.182. The molecule has 0 spiro atoms. The summed E-state index contributed by atoms with van der Waals surface area (Å²) in [7, 11) is 4.15. The molecule has 0 radical (unpaired) electrons. The van der Waals surface area contributed by atoms with Gasteiger partial charge in [-0.1, -0.05) is 36.4 Å². The number of nitrogens with zero attached hydrogens (tertiary/aromatic N) is 3. The Kier molecular flexibility index (Phi) is 3.24. The van der Waals surface area contributed by atoms with E-state index in [0.29, 0.717) is 6.54 Å². The van der Waals surface area contributed by atoms with Crippen LogP contribution in [-0.2, 0) is 13.1 Å². The van der Waals surface area contributed by atoms with Gasteiger partial charge in [-0.2, -0.15) is 0 Å². The Bertz CT molecular complexity index is 1240. The number of fused-ring (bicyclic) bond motifs is 5. The van der Waals surface area contributed by atoms with E-state index in [4.69, 9.17) is 4.98 Å². The van der Waals surface area contributed by atoms with E-state index in [1.165, 1.54) is 16.5 Å². The molecule has 2 aromatic carbocycles. The Hall–Kier alpha value is -2.98. The topological polar surface area (TPSA) is 38.1 Å². The largest absolute Gasteiger partial charge is 0.305 e. The molecule has 4 heteroatoms. The summed E-state index contributed by atoms with van der Waals surface area (Å²) < 4.78 is 1.87. The maximum Gasteiger partial charge on any atom is 0.259 e. The lowest BCUT2D eigenvalue weighted by atomic mass is 10.00. The van der Waals surface area contributed by atoms with E-state index >= 15 is 0 Å². The number of rotatable bonds is 2. The first-order valence-electron chi connectivity index (χ1n) is 8.81. The van der Waals surface area contributed by atoms with Crippen molar-refractivity contribution in [3.63, 3.8) is 0 Å². The molecular formula is C22H19N3O. The van der Waals surface area contributed by atoms with E-state index < -0.39 is 0 Å². The molecule has 0 bridgehead atoms. The molecule has 0 amide bonds. The van der Waals surface area contributed by atoms with Crippen LogP contribution in [0.5, 0.6) is 0 Å². The second-order valence-corrected chi connectivity index (χ2v) is 7.18. The molecule has 5 rings (SSSR count). The minimum absolute atomic E-state index is 0.0657. The number of aromatic nitrogens is 2. The van der Waals surface area contributed by atoms with Crippen LogP contribution < -0.4 is 5.56 Å². The summed E-state index contributed by atoms with van der Waals surface area (Å²) in [4.78, 5) is 20.1. The molecule has 3 heterocycles. The van der Waals surface area contributed by atoms with Crippen molar-refractivity contribution in [2.45, 2.75) is 13.1 Å². The Morgan fingerprint density at radius 2 is 1.77 bits per heavy atom. The molecule has 26 heavy (non-hydrogen) atoms. The quantitative estimate of drug-likeness (QED) is 0.492. The molecule has 1 aliphatic heterocycles. The van der Waals surface area contributed by atoms with E-state index in [1.54, 1.807) is 0 Å². The molecule has 0 saturated heterocycles. The van der Waals surface area contributed by atoms with Gasteiger partial charge in [-0.3, -0.25) is 4.79 Å². The molecule has 0 N–H and O–H groups in total. The summed E-state index contributed by atoms with van der Waals surface area (Å²) in [5, 5.41) is 2.91. The molecule has 4 nitrogen and oxygen atoms in total. The van der Waals surface area contributed by atoms with Crippen LogP contribution in [0.1, 0.15) is 11.1 Å². The normalized spacial score (nSPS) is 12.7. The fourth-order valence-corrected chi connectivity index (χ4v) is 4.01. The highest BCUT2D eigenvalue weighted by molar-refractivity contribution is 5.91. The van der Waals surface area contributed by atoms with E-state index in [2.05, 4.69) is 43.3 Å². The first-order chi connectivity index (χ1) is 12.6. The summed E-state index contributed by atoms with van der Waals surface area (Å²) in [6, 6.07) is 18.1. The average Bonchev–Trinajstić information content (AvgIpc) is 3.00. The molecule has 4 aromatic rings. The Balaban J connectivity index is 1.87. The Labute approximate surface area is 151 Å². The standard InChI is InChI=1S/C22H19N3O/c1-24(2)12-17-16-9-5-6-10-19(16)23-21-18(17)13-25-20(21)11-14-7-3-4-8-15(14)22(25)26/h3-11H,12-13H2,1-2H3. The van der Waals surface area contributed by atoms with Crippen LogP contribution in [0, 0.1) is 0 Å². The highest BCUT2D eigenvalue weighted by Crippen LogP contribution is 2.36. The first-order valence-corrected chi connectivity index (χ1v) is 8.81. The Morgan fingerprint density at radius 3 is 2.58 bits per heavy atom. The lowest BCUT2D eigenvalue weighted by molar-refractivity contribution is 0.402. The number of benzene rings is 2. The first kappa shape index (κ1) is 15.3. The molecule has 0 atom stereocenters. The molecule has 2 aromatic heterocycles. The highest BCUT2D eigenvalue weighted by Gasteiger charge is 2.26. The second kappa shape index (κ2) is 5.51. The second-order valence-electron chi connectivity index (χ2n) is 7.18. The average molecular weight is 341 g/mol. The van der Waals surface area contributed by atoms with Crippen molar-refractivity contribution >= 4 is 21.7 Å². The molecule has 0 aliphatic carbocycles. The van der Waals surface area contributed by atoms with E-state index in [1.807, 2.05) is 34.9 Å². The van der Waals surface area contributed by atoms with Crippen LogP contribution in [-0.4, -0.2) is 28.5 Å². The van der Waals surface area contributed by atoms with Crippen molar-refractivity contribution in [1.82, 2.24) is 14.5 Å². The Morgan fingerprint density at radius 1 is 1.04 bits per heavy atom. The molecule has 128 valence electrons. The summed E-state index contributed by atoms with van der Waals surface area (Å²) in [5.74, 6) is 0. The van der Waals surface area contributed by atoms with E-state index in [9.17, 15) is 4.79 Å². The van der Waals surface area contributed by atoms with Gasteiger partial charge in [-0.25, -0.2) is 4.98 Å². The third-order valence-corrected chi connectivity index (χ3v) is 5.16. The van der Waals surface area contributed by atoms with Crippen LogP contribution in [0.2, 0.25) is 0 Å². The number of pyridine rings is 2. The molecule has 1 aliphatic rings. The van der Waals surface area contributed by atoms with Gasteiger partial charge in [0.05, 0.1) is 23.4 Å². The number of hydrogen-bond acceptors (Lipinski definition) is 3. The monoisotopic (exact) mass is 341 g/mol. The van der Waals surface area contributed by atoms with Gasteiger partial charge in [0, 0.05) is 22.9 Å². The van der Waals surface area contributed by atoms with Crippen LogP contribution in [0.3, 0.4) is 0 Å². The highest BCUT2D eigenvalue weighted by atomic mass is 16.1. The predicted octanol–water partition coefficient (Wildman–Crippen LogP) is 3.64. The molecular weight excluding hydrogens is 322 g/mol. The maximum absolute atomic E-state index is 13.0. The van der Waals surface area contributed by atoms with Crippen molar-refractivity contribution in [3.05, 3.63) is 76.1 Å². The molecule has 0 unspecified atom stereocenters. The van der Waals surface area contributed by atoms with Gasteiger partial charge in [-0.05, 0) is 43.2 Å². The summed E-state index contributed by atoms with van der Waals surface area (Å²) >= 11 is 0. The van der Waals surface area contributed by atoms with Gasteiger partial charge in [0.25, 0.3) is 5.56 Å². The van der Waals surface area contributed by atoms with Gasteiger partial charge >= 0.3 is 0 Å². The lowest BCUT2D eigenvalue weighted by Crippen LogP contribution is -2.19. The van der Waals surface area contributed by atoms with Gasteiger partial charge < -0.3 is 9.47 Å². The maximum atomic E-state index is 13.0.